The number of amides is 2. The summed E-state index contributed by atoms with van der Waals surface area (Å²) in [5.41, 5.74) is 8.35. The number of thiazole rings is 1. The molecule has 9 heteroatoms. The second-order valence-corrected chi connectivity index (χ2v) is 7.56. The smallest absolute Gasteiger partial charge is 0.277 e. The highest BCUT2D eigenvalue weighted by Gasteiger charge is 2.20. The number of aromatic amines is 2. The number of primary amides is 1. The van der Waals surface area contributed by atoms with Gasteiger partial charge in [0, 0.05) is 28.8 Å². The fourth-order valence-corrected chi connectivity index (χ4v) is 4.10. The molecule has 0 atom stereocenters. The second-order valence-electron chi connectivity index (χ2n) is 6.70. The number of hydrogen-bond acceptors (Lipinski definition) is 5. The predicted molar refractivity (Wildman–Crippen MR) is 103 cm³/mol. The number of nitrogens with zero attached hydrogens (tertiary/aromatic N) is 2. The molecule has 1 aliphatic rings. The Balaban J connectivity index is 1.43. The number of carbonyl (C=O) groups excluding carboxylic acids is 2. The van der Waals surface area contributed by atoms with E-state index in [1.165, 1.54) is 30.6 Å². The van der Waals surface area contributed by atoms with Crippen LogP contribution in [0.25, 0.3) is 11.3 Å². The minimum absolute atomic E-state index is 0.291. The van der Waals surface area contributed by atoms with Gasteiger partial charge in [-0.1, -0.05) is 19.3 Å². The van der Waals surface area contributed by atoms with E-state index in [2.05, 4.69) is 25.5 Å². The first-order valence-corrected chi connectivity index (χ1v) is 9.79. The number of nitrogens with one attached hydrogen (secondary N) is 3. The number of hydrogen-bond donors (Lipinski definition) is 4. The SMILES string of the molecule is NC(=O)c1cc(-c2csc(NC(=O)c3cc(C4CCCCC4)[nH]n3)n2)c[nH]1. The summed E-state index contributed by atoms with van der Waals surface area (Å²) < 4.78 is 0. The van der Waals surface area contributed by atoms with Gasteiger partial charge < -0.3 is 10.7 Å². The van der Waals surface area contributed by atoms with Crippen LogP contribution in [0.1, 0.15) is 64.7 Å². The molecular formula is C18H20N6O2S. The van der Waals surface area contributed by atoms with Crippen LogP contribution in [0.15, 0.2) is 23.7 Å². The summed E-state index contributed by atoms with van der Waals surface area (Å²) in [5, 5.41) is 12.2. The van der Waals surface area contributed by atoms with Crippen LogP contribution >= 0.6 is 11.3 Å². The van der Waals surface area contributed by atoms with Crippen LogP contribution in [0, 0.1) is 0 Å². The number of rotatable bonds is 5. The van der Waals surface area contributed by atoms with E-state index >= 15 is 0 Å². The third kappa shape index (κ3) is 3.77. The Hall–Kier alpha value is -2.94. The molecule has 0 unspecified atom stereocenters. The van der Waals surface area contributed by atoms with Crippen molar-refractivity contribution in [2.45, 2.75) is 38.0 Å². The van der Waals surface area contributed by atoms with Crippen molar-refractivity contribution < 1.29 is 9.59 Å². The molecule has 0 saturated heterocycles. The van der Waals surface area contributed by atoms with Gasteiger partial charge in [-0.3, -0.25) is 20.0 Å². The molecule has 0 aromatic carbocycles. The maximum atomic E-state index is 12.5. The first-order valence-electron chi connectivity index (χ1n) is 8.91. The lowest BCUT2D eigenvalue weighted by molar-refractivity contribution is 0.0993. The van der Waals surface area contributed by atoms with Crippen molar-refractivity contribution >= 4 is 28.3 Å². The largest absolute Gasteiger partial charge is 0.364 e. The van der Waals surface area contributed by atoms with Crippen LogP contribution in [0.4, 0.5) is 5.13 Å². The van der Waals surface area contributed by atoms with Gasteiger partial charge in [0.25, 0.3) is 11.8 Å². The molecule has 1 saturated carbocycles. The molecule has 0 spiro atoms. The first kappa shape index (κ1) is 17.5. The fraction of sp³-hybridized carbons (Fsp3) is 0.333. The zero-order valence-electron chi connectivity index (χ0n) is 14.6. The average molecular weight is 384 g/mol. The Bertz CT molecular complexity index is 966. The standard InChI is InChI=1S/C18H20N6O2S/c19-16(25)13-6-11(8-20-13)15-9-27-18(21-15)22-17(26)14-7-12(23-24-14)10-4-2-1-3-5-10/h6-10,20H,1-5H2,(H2,19,25)(H,23,24)(H,21,22,26). The van der Waals surface area contributed by atoms with Gasteiger partial charge in [-0.2, -0.15) is 5.10 Å². The molecule has 1 fully saturated rings. The van der Waals surface area contributed by atoms with E-state index in [1.54, 1.807) is 12.3 Å². The highest BCUT2D eigenvalue weighted by molar-refractivity contribution is 7.14. The van der Waals surface area contributed by atoms with E-state index in [0.29, 0.717) is 28.1 Å². The normalized spacial score (nSPS) is 15.0. The van der Waals surface area contributed by atoms with Gasteiger partial charge in [0.2, 0.25) is 0 Å². The van der Waals surface area contributed by atoms with Gasteiger partial charge in [-0.05, 0) is 25.0 Å². The van der Waals surface area contributed by atoms with Gasteiger partial charge in [0.05, 0.1) is 5.69 Å². The zero-order valence-corrected chi connectivity index (χ0v) is 15.4. The lowest BCUT2D eigenvalue weighted by Crippen LogP contribution is -2.12. The second kappa shape index (κ2) is 7.36. The predicted octanol–water partition coefficient (Wildman–Crippen LogP) is 3.26. The fourth-order valence-electron chi connectivity index (χ4n) is 3.39. The van der Waals surface area contributed by atoms with E-state index < -0.39 is 5.91 Å². The molecule has 3 aromatic heterocycles. The van der Waals surface area contributed by atoms with Gasteiger partial charge in [-0.25, -0.2) is 4.98 Å². The van der Waals surface area contributed by atoms with E-state index in [9.17, 15) is 9.59 Å². The third-order valence-corrected chi connectivity index (χ3v) is 5.60. The highest BCUT2D eigenvalue weighted by Crippen LogP contribution is 2.32. The Morgan fingerprint density at radius 2 is 2.04 bits per heavy atom. The number of aromatic nitrogens is 4. The van der Waals surface area contributed by atoms with E-state index in [1.807, 2.05) is 11.4 Å². The molecule has 5 N–H and O–H groups in total. The Labute approximate surface area is 159 Å². The van der Waals surface area contributed by atoms with E-state index in [4.69, 9.17) is 5.73 Å². The van der Waals surface area contributed by atoms with Gasteiger partial charge in [0.15, 0.2) is 10.8 Å². The molecule has 3 heterocycles. The highest BCUT2D eigenvalue weighted by atomic mass is 32.1. The van der Waals surface area contributed by atoms with Crippen molar-refractivity contribution in [3.63, 3.8) is 0 Å². The van der Waals surface area contributed by atoms with E-state index in [-0.39, 0.29) is 5.91 Å². The maximum absolute atomic E-state index is 12.5. The monoisotopic (exact) mass is 384 g/mol. The van der Waals surface area contributed by atoms with Crippen molar-refractivity contribution in [1.82, 2.24) is 20.2 Å². The third-order valence-electron chi connectivity index (χ3n) is 4.84. The van der Waals surface area contributed by atoms with Crippen molar-refractivity contribution in [3.05, 3.63) is 40.8 Å². The van der Waals surface area contributed by atoms with Crippen molar-refractivity contribution in [1.29, 1.82) is 0 Å². The molecule has 2 amide bonds. The number of anilines is 1. The lowest BCUT2D eigenvalue weighted by Gasteiger charge is -2.19. The molecule has 140 valence electrons. The van der Waals surface area contributed by atoms with Crippen molar-refractivity contribution in [2.24, 2.45) is 5.73 Å². The molecule has 0 radical (unpaired) electrons. The van der Waals surface area contributed by atoms with E-state index in [0.717, 1.165) is 24.1 Å². The minimum Gasteiger partial charge on any atom is -0.364 e. The van der Waals surface area contributed by atoms with Crippen LogP contribution in [0.3, 0.4) is 0 Å². The molecule has 27 heavy (non-hydrogen) atoms. The quantitative estimate of drug-likeness (QED) is 0.538. The number of carbonyl (C=O) groups is 2. The molecular weight excluding hydrogens is 364 g/mol. The van der Waals surface area contributed by atoms with Gasteiger partial charge >= 0.3 is 0 Å². The number of nitrogens with two attached hydrogens (primary N) is 1. The molecule has 1 aliphatic carbocycles. The van der Waals surface area contributed by atoms with Crippen LogP contribution in [-0.4, -0.2) is 32.0 Å². The zero-order chi connectivity index (χ0) is 18.8. The van der Waals surface area contributed by atoms with Crippen LogP contribution < -0.4 is 11.1 Å². The van der Waals surface area contributed by atoms with Crippen molar-refractivity contribution in [2.75, 3.05) is 5.32 Å². The summed E-state index contributed by atoms with van der Waals surface area (Å²) in [6, 6.07) is 3.47. The van der Waals surface area contributed by atoms with Crippen LogP contribution in [0.2, 0.25) is 0 Å². The van der Waals surface area contributed by atoms with Crippen LogP contribution in [0.5, 0.6) is 0 Å². The molecule has 4 rings (SSSR count). The summed E-state index contributed by atoms with van der Waals surface area (Å²) in [4.78, 5) is 30.8. The summed E-state index contributed by atoms with van der Waals surface area (Å²) >= 11 is 1.31. The summed E-state index contributed by atoms with van der Waals surface area (Å²) in [6.45, 7) is 0. The summed E-state index contributed by atoms with van der Waals surface area (Å²) in [5.74, 6) is -0.356. The molecule has 8 nitrogen and oxygen atoms in total. The molecule has 3 aromatic rings. The minimum atomic E-state index is -0.530. The first-order chi connectivity index (χ1) is 13.1. The van der Waals surface area contributed by atoms with Gasteiger partial charge in [-0.15, -0.1) is 11.3 Å². The Kier molecular flexibility index (Phi) is 4.76. The lowest BCUT2D eigenvalue weighted by atomic mass is 9.87. The molecule has 0 aliphatic heterocycles. The number of H-pyrrole nitrogens is 2. The maximum Gasteiger partial charge on any atom is 0.277 e. The summed E-state index contributed by atoms with van der Waals surface area (Å²) in [6.07, 6.45) is 7.68. The Morgan fingerprint density at radius 1 is 1.22 bits per heavy atom. The van der Waals surface area contributed by atoms with Crippen LogP contribution in [-0.2, 0) is 0 Å². The average Bonchev–Trinajstić information content (AvgIpc) is 3.42. The topological polar surface area (TPSA) is 130 Å². The summed E-state index contributed by atoms with van der Waals surface area (Å²) in [7, 11) is 0. The van der Waals surface area contributed by atoms with Gasteiger partial charge in [0.1, 0.15) is 5.69 Å². The Morgan fingerprint density at radius 3 is 2.78 bits per heavy atom. The van der Waals surface area contributed by atoms with Crippen molar-refractivity contribution in [3.8, 4) is 11.3 Å². The molecule has 0 bridgehead atoms.